The van der Waals surface area contributed by atoms with Gasteiger partial charge in [-0.15, -0.1) is 0 Å². The maximum atomic E-state index is 11.7. The number of carbonyl (C=O) groups excluding carboxylic acids is 2. The SMILES string of the molecule is CCC(CC(C)C(=O)OC)C(=O)OCCOP(=O)([O-])[O-].[Na+].[Na+]. The van der Waals surface area contributed by atoms with Crippen LogP contribution in [0.3, 0.4) is 0 Å². The van der Waals surface area contributed by atoms with Gasteiger partial charge in [-0.25, -0.2) is 0 Å². The van der Waals surface area contributed by atoms with Crippen LogP contribution < -0.4 is 68.9 Å². The van der Waals surface area contributed by atoms with Crippen LogP contribution in [0.5, 0.6) is 0 Å². The van der Waals surface area contributed by atoms with Crippen molar-refractivity contribution in [3.05, 3.63) is 0 Å². The van der Waals surface area contributed by atoms with E-state index in [4.69, 9.17) is 4.74 Å². The monoisotopic (exact) mass is 356 g/mol. The van der Waals surface area contributed by atoms with E-state index in [0.29, 0.717) is 6.42 Å². The van der Waals surface area contributed by atoms with Crippen molar-refractivity contribution in [3.8, 4) is 0 Å². The molecule has 0 N–H and O–H groups in total. The average Bonchev–Trinajstić information content (AvgIpc) is 2.38. The number of rotatable bonds is 9. The third-order valence-corrected chi connectivity index (χ3v) is 3.14. The van der Waals surface area contributed by atoms with Crippen LogP contribution in [0.4, 0.5) is 0 Å². The topological polar surface area (TPSA) is 125 Å². The van der Waals surface area contributed by atoms with E-state index in [1.165, 1.54) is 7.11 Å². The average molecular weight is 356 g/mol. The molecule has 0 rings (SSSR count). The molecule has 22 heavy (non-hydrogen) atoms. The molecule has 0 radical (unpaired) electrons. The van der Waals surface area contributed by atoms with E-state index >= 15 is 0 Å². The van der Waals surface area contributed by atoms with Gasteiger partial charge >= 0.3 is 71.1 Å². The second-order valence-corrected chi connectivity index (χ2v) is 5.37. The molecule has 2 atom stereocenters. The second-order valence-electron chi connectivity index (χ2n) is 4.21. The van der Waals surface area contributed by atoms with Crippen LogP contribution in [-0.2, 0) is 28.2 Å². The molecule has 0 spiro atoms. The van der Waals surface area contributed by atoms with Crippen molar-refractivity contribution in [1.82, 2.24) is 0 Å². The van der Waals surface area contributed by atoms with Crippen LogP contribution in [0.25, 0.3) is 0 Å². The minimum absolute atomic E-state index is 0. The molecule has 0 aromatic rings. The first-order valence-corrected chi connectivity index (χ1v) is 7.58. The molecule has 0 aliphatic carbocycles. The molecule has 118 valence electrons. The van der Waals surface area contributed by atoms with Crippen LogP contribution >= 0.6 is 7.82 Å². The Morgan fingerprint density at radius 1 is 1.14 bits per heavy atom. The molecule has 0 aliphatic rings. The third kappa shape index (κ3) is 13.5. The standard InChI is InChI=1S/C11H21O8P.2Na/c1-4-9(7-8(2)10(12)17-3)11(13)18-5-6-19-20(14,15)16;;/h8-9H,4-7H2,1-3H3,(H2,14,15,16);;/q;2*+1/p-2. The predicted octanol–water partition coefficient (Wildman–Crippen LogP) is -6.39. The van der Waals surface area contributed by atoms with E-state index in [9.17, 15) is 23.9 Å². The minimum Gasteiger partial charge on any atom is -0.790 e. The van der Waals surface area contributed by atoms with Gasteiger partial charge in [0.2, 0.25) is 0 Å². The zero-order valence-electron chi connectivity index (χ0n) is 13.7. The van der Waals surface area contributed by atoms with E-state index in [0.717, 1.165) is 0 Å². The number of esters is 2. The van der Waals surface area contributed by atoms with Crippen molar-refractivity contribution in [2.75, 3.05) is 20.3 Å². The first-order valence-electron chi connectivity index (χ1n) is 6.12. The number of hydrogen-bond acceptors (Lipinski definition) is 8. The summed E-state index contributed by atoms with van der Waals surface area (Å²) >= 11 is 0. The first-order chi connectivity index (χ1) is 9.21. The molecule has 0 saturated heterocycles. The molecule has 0 amide bonds. The molecule has 0 fully saturated rings. The molecule has 0 saturated carbocycles. The predicted molar refractivity (Wildman–Crippen MR) is 64.1 cm³/mol. The first kappa shape index (κ1) is 27.9. The van der Waals surface area contributed by atoms with Crippen molar-refractivity contribution in [2.45, 2.75) is 26.7 Å². The fourth-order valence-electron chi connectivity index (χ4n) is 1.56. The number of phosphoric acid groups is 1. The summed E-state index contributed by atoms with van der Waals surface area (Å²) in [4.78, 5) is 43.3. The van der Waals surface area contributed by atoms with Gasteiger partial charge in [-0.2, -0.15) is 0 Å². The summed E-state index contributed by atoms with van der Waals surface area (Å²) in [6.07, 6.45) is 0.729. The van der Waals surface area contributed by atoms with Gasteiger partial charge in [0.1, 0.15) is 6.61 Å². The van der Waals surface area contributed by atoms with Crippen LogP contribution in [0, 0.1) is 11.8 Å². The summed E-state index contributed by atoms with van der Waals surface area (Å²) in [6, 6.07) is 0. The van der Waals surface area contributed by atoms with Gasteiger partial charge in [0.25, 0.3) is 0 Å². The van der Waals surface area contributed by atoms with Crippen LogP contribution in [0.15, 0.2) is 0 Å². The fraction of sp³-hybridized carbons (Fsp3) is 0.818. The summed E-state index contributed by atoms with van der Waals surface area (Å²) in [5.41, 5.74) is 0. The van der Waals surface area contributed by atoms with Gasteiger partial charge in [0.05, 0.1) is 33.4 Å². The van der Waals surface area contributed by atoms with E-state index in [2.05, 4.69) is 9.26 Å². The normalized spacial score (nSPS) is 13.1. The van der Waals surface area contributed by atoms with Crippen molar-refractivity contribution in [3.63, 3.8) is 0 Å². The summed E-state index contributed by atoms with van der Waals surface area (Å²) in [5, 5.41) is 0. The van der Waals surface area contributed by atoms with Gasteiger partial charge < -0.3 is 28.3 Å². The largest absolute Gasteiger partial charge is 1.00 e. The van der Waals surface area contributed by atoms with Crippen molar-refractivity contribution >= 4 is 19.8 Å². The number of phosphoric ester groups is 1. The molecule has 11 heteroatoms. The summed E-state index contributed by atoms with van der Waals surface area (Å²) in [7, 11) is -3.79. The molecule has 8 nitrogen and oxygen atoms in total. The Kier molecular flexibility index (Phi) is 18.2. The quantitative estimate of drug-likeness (QED) is 0.173. The van der Waals surface area contributed by atoms with E-state index in [-0.39, 0.29) is 72.1 Å². The molecule has 0 aliphatic heterocycles. The zero-order chi connectivity index (χ0) is 15.8. The summed E-state index contributed by atoms with van der Waals surface area (Å²) in [5.74, 6) is -1.94. The Morgan fingerprint density at radius 3 is 2.09 bits per heavy atom. The Morgan fingerprint density at radius 2 is 1.68 bits per heavy atom. The Labute approximate surface area is 174 Å². The van der Waals surface area contributed by atoms with E-state index in [1.54, 1.807) is 13.8 Å². The summed E-state index contributed by atoms with van der Waals surface area (Å²) in [6.45, 7) is 2.54. The Hall–Kier alpha value is 1.05. The van der Waals surface area contributed by atoms with Crippen LogP contribution in [0.2, 0.25) is 0 Å². The Bertz CT molecular complexity index is 373. The van der Waals surface area contributed by atoms with E-state index < -0.39 is 38.2 Å². The van der Waals surface area contributed by atoms with Gasteiger partial charge in [0, 0.05) is 0 Å². The Balaban J connectivity index is -0.00000180. The van der Waals surface area contributed by atoms with Gasteiger partial charge in [-0.3, -0.25) is 9.59 Å². The van der Waals surface area contributed by atoms with Crippen LogP contribution in [-0.4, -0.2) is 32.3 Å². The minimum atomic E-state index is -5.05. The molecule has 0 bridgehead atoms. The maximum absolute atomic E-state index is 11.7. The van der Waals surface area contributed by atoms with Crippen LogP contribution in [0.1, 0.15) is 26.7 Å². The number of methoxy groups -OCH3 is 1. The number of ether oxygens (including phenoxy) is 2. The zero-order valence-corrected chi connectivity index (χ0v) is 18.6. The molecular formula is C11H19Na2O8P. The second kappa shape index (κ2) is 14.4. The molecule has 0 aromatic heterocycles. The van der Waals surface area contributed by atoms with Gasteiger partial charge in [-0.05, 0) is 12.8 Å². The smallest absolute Gasteiger partial charge is 0.790 e. The van der Waals surface area contributed by atoms with Crippen molar-refractivity contribution in [1.29, 1.82) is 0 Å². The van der Waals surface area contributed by atoms with Crippen molar-refractivity contribution in [2.24, 2.45) is 11.8 Å². The maximum Gasteiger partial charge on any atom is 1.00 e. The molecular weight excluding hydrogens is 337 g/mol. The third-order valence-electron chi connectivity index (χ3n) is 2.64. The summed E-state index contributed by atoms with van der Waals surface area (Å²) < 4.78 is 23.5. The number of carbonyl (C=O) groups is 2. The molecule has 2 unspecified atom stereocenters. The molecule has 0 heterocycles. The van der Waals surface area contributed by atoms with Gasteiger partial charge in [0.15, 0.2) is 0 Å². The fourth-order valence-corrected chi connectivity index (χ4v) is 1.86. The number of hydrogen-bond donors (Lipinski definition) is 0. The van der Waals surface area contributed by atoms with Gasteiger partial charge in [-0.1, -0.05) is 13.8 Å². The molecule has 0 aromatic carbocycles. The van der Waals surface area contributed by atoms with Crippen molar-refractivity contribution < 1.29 is 97.1 Å². The van der Waals surface area contributed by atoms with E-state index in [1.807, 2.05) is 0 Å².